The molecule has 1 N–H and O–H groups in total. The van der Waals surface area contributed by atoms with Gasteiger partial charge in [-0.05, 0) is 32.0 Å². The summed E-state index contributed by atoms with van der Waals surface area (Å²) in [4.78, 5) is 25.2. The highest BCUT2D eigenvalue weighted by atomic mass is 32.2. The number of amides is 1. The van der Waals surface area contributed by atoms with E-state index in [1.54, 1.807) is 7.11 Å². The van der Waals surface area contributed by atoms with Crippen molar-refractivity contribution in [3.8, 4) is 5.75 Å². The number of anilines is 1. The van der Waals surface area contributed by atoms with E-state index in [1.807, 2.05) is 38.1 Å². The van der Waals surface area contributed by atoms with Gasteiger partial charge in [0.25, 0.3) is 0 Å². The Balaban J connectivity index is 1.66. The second-order valence-electron chi connectivity index (χ2n) is 5.10. The maximum absolute atomic E-state index is 12.1. The molecule has 124 valence electrons. The Hall–Kier alpha value is -2.19. The topological polar surface area (TPSA) is 77.0 Å². The van der Waals surface area contributed by atoms with Crippen LogP contribution in [0, 0.1) is 13.8 Å². The Kier molecular flexibility index (Phi) is 4.96. The third-order valence-corrected chi connectivity index (χ3v) is 4.93. The van der Waals surface area contributed by atoms with Crippen LogP contribution in [0.3, 0.4) is 0 Å². The fourth-order valence-electron chi connectivity index (χ4n) is 2.19. The first-order valence-corrected chi connectivity index (χ1v) is 9.04. The molecule has 6 nitrogen and oxygen atoms in total. The Morgan fingerprint density at radius 3 is 2.71 bits per heavy atom. The molecule has 3 rings (SSSR count). The molecule has 0 saturated carbocycles. The van der Waals surface area contributed by atoms with Gasteiger partial charge in [0.2, 0.25) is 5.91 Å². The van der Waals surface area contributed by atoms with Crippen LogP contribution in [0.1, 0.15) is 11.4 Å². The van der Waals surface area contributed by atoms with Crippen LogP contribution in [-0.4, -0.2) is 33.7 Å². The standard InChI is InChI=1S/C16H16N4O2S2/c1-9-7-10(2)18-15(17-9)23-8-13(21)19-16-20-14-11(22-3)5-4-6-12(14)24-16/h4-7H,8H2,1-3H3,(H,19,20,21). The molecule has 0 aliphatic carbocycles. The van der Waals surface area contributed by atoms with Gasteiger partial charge in [-0.1, -0.05) is 29.2 Å². The maximum atomic E-state index is 12.1. The predicted octanol–water partition coefficient (Wildman–Crippen LogP) is 3.44. The molecule has 0 fully saturated rings. The van der Waals surface area contributed by atoms with Gasteiger partial charge in [0, 0.05) is 11.4 Å². The van der Waals surface area contributed by atoms with Crippen LogP contribution >= 0.6 is 23.1 Å². The zero-order valence-electron chi connectivity index (χ0n) is 13.5. The molecule has 0 aliphatic rings. The van der Waals surface area contributed by atoms with Gasteiger partial charge in [-0.3, -0.25) is 4.79 Å². The highest BCUT2D eigenvalue weighted by Gasteiger charge is 2.12. The second kappa shape index (κ2) is 7.14. The van der Waals surface area contributed by atoms with E-state index in [-0.39, 0.29) is 11.7 Å². The van der Waals surface area contributed by atoms with Gasteiger partial charge in [-0.25, -0.2) is 15.0 Å². The van der Waals surface area contributed by atoms with Crippen molar-refractivity contribution in [1.29, 1.82) is 0 Å². The van der Waals surface area contributed by atoms with Crippen molar-refractivity contribution in [2.24, 2.45) is 0 Å². The Morgan fingerprint density at radius 2 is 2.00 bits per heavy atom. The number of nitrogens with one attached hydrogen (secondary N) is 1. The normalized spacial score (nSPS) is 10.8. The number of hydrogen-bond donors (Lipinski definition) is 1. The van der Waals surface area contributed by atoms with Gasteiger partial charge >= 0.3 is 0 Å². The number of hydrogen-bond acceptors (Lipinski definition) is 7. The quantitative estimate of drug-likeness (QED) is 0.555. The molecule has 8 heteroatoms. The largest absolute Gasteiger partial charge is 0.494 e. The molecule has 0 radical (unpaired) electrons. The highest BCUT2D eigenvalue weighted by Crippen LogP contribution is 2.32. The van der Waals surface area contributed by atoms with Gasteiger partial charge in [0.15, 0.2) is 10.3 Å². The third-order valence-electron chi connectivity index (χ3n) is 3.14. The van der Waals surface area contributed by atoms with Crippen molar-refractivity contribution in [3.05, 3.63) is 35.7 Å². The molecule has 2 aromatic heterocycles. The van der Waals surface area contributed by atoms with E-state index in [4.69, 9.17) is 4.74 Å². The van der Waals surface area contributed by atoms with Gasteiger partial charge in [-0.2, -0.15) is 0 Å². The minimum atomic E-state index is -0.138. The van der Waals surface area contributed by atoms with Crippen LogP contribution in [0.15, 0.2) is 29.4 Å². The van der Waals surface area contributed by atoms with Crippen LogP contribution in [0.25, 0.3) is 10.2 Å². The summed E-state index contributed by atoms with van der Waals surface area (Å²) in [6, 6.07) is 7.60. The van der Waals surface area contributed by atoms with E-state index in [9.17, 15) is 4.79 Å². The second-order valence-corrected chi connectivity index (χ2v) is 7.07. The van der Waals surface area contributed by atoms with Crippen molar-refractivity contribution in [2.75, 3.05) is 18.2 Å². The fraction of sp³-hybridized carbons (Fsp3) is 0.250. The van der Waals surface area contributed by atoms with Crippen LogP contribution in [0.5, 0.6) is 5.75 Å². The van der Waals surface area contributed by atoms with Gasteiger partial charge in [0.1, 0.15) is 11.3 Å². The van der Waals surface area contributed by atoms with Crippen LogP contribution < -0.4 is 10.1 Å². The summed E-state index contributed by atoms with van der Waals surface area (Å²) in [5.41, 5.74) is 2.54. The summed E-state index contributed by atoms with van der Waals surface area (Å²) in [5.74, 6) is 0.790. The number of thiazole rings is 1. The molecule has 1 amide bonds. The van der Waals surface area contributed by atoms with E-state index in [2.05, 4.69) is 20.3 Å². The van der Waals surface area contributed by atoms with E-state index < -0.39 is 0 Å². The lowest BCUT2D eigenvalue weighted by Crippen LogP contribution is -2.14. The number of methoxy groups -OCH3 is 1. The van der Waals surface area contributed by atoms with Crippen LogP contribution in [-0.2, 0) is 4.79 Å². The molecule has 0 unspecified atom stereocenters. The number of aromatic nitrogens is 3. The van der Waals surface area contributed by atoms with E-state index in [0.29, 0.717) is 16.0 Å². The number of carbonyl (C=O) groups is 1. The number of ether oxygens (including phenoxy) is 1. The lowest BCUT2D eigenvalue weighted by molar-refractivity contribution is -0.113. The number of fused-ring (bicyclic) bond motifs is 1. The highest BCUT2D eigenvalue weighted by molar-refractivity contribution is 7.99. The van der Waals surface area contributed by atoms with E-state index in [1.165, 1.54) is 23.1 Å². The Labute approximate surface area is 147 Å². The molecule has 0 saturated heterocycles. The molecule has 0 atom stereocenters. The molecule has 1 aromatic carbocycles. The number of para-hydroxylation sites is 1. The molecule has 2 heterocycles. The molecular weight excluding hydrogens is 344 g/mol. The lowest BCUT2D eigenvalue weighted by atomic mass is 10.3. The number of thioether (sulfide) groups is 1. The van der Waals surface area contributed by atoms with Gasteiger partial charge in [0.05, 0.1) is 17.6 Å². The van der Waals surface area contributed by atoms with Crippen molar-refractivity contribution in [3.63, 3.8) is 0 Å². The number of benzene rings is 1. The van der Waals surface area contributed by atoms with Gasteiger partial charge in [-0.15, -0.1) is 0 Å². The average Bonchev–Trinajstić information content (AvgIpc) is 2.94. The van der Waals surface area contributed by atoms with Crippen molar-refractivity contribution < 1.29 is 9.53 Å². The average molecular weight is 360 g/mol. The van der Waals surface area contributed by atoms with Crippen LogP contribution in [0.4, 0.5) is 5.13 Å². The third kappa shape index (κ3) is 3.82. The van der Waals surface area contributed by atoms with E-state index in [0.717, 1.165) is 21.6 Å². The lowest BCUT2D eigenvalue weighted by Gasteiger charge is -2.03. The Bertz CT molecular complexity index is 875. The SMILES string of the molecule is COc1cccc2sc(NC(=O)CSc3nc(C)cc(C)n3)nc12. The Morgan fingerprint density at radius 1 is 1.25 bits per heavy atom. The number of rotatable bonds is 5. The minimum absolute atomic E-state index is 0.138. The van der Waals surface area contributed by atoms with Crippen molar-refractivity contribution in [1.82, 2.24) is 15.0 Å². The van der Waals surface area contributed by atoms with Gasteiger partial charge < -0.3 is 10.1 Å². The molecule has 0 aliphatic heterocycles. The summed E-state index contributed by atoms with van der Waals surface area (Å²) < 4.78 is 6.25. The first kappa shape index (κ1) is 16.7. The monoisotopic (exact) mass is 360 g/mol. The zero-order chi connectivity index (χ0) is 17.1. The number of nitrogens with zero attached hydrogens (tertiary/aromatic N) is 3. The first-order valence-electron chi connectivity index (χ1n) is 7.23. The number of aryl methyl sites for hydroxylation is 2. The molecular formula is C16H16N4O2S2. The summed E-state index contributed by atoms with van der Waals surface area (Å²) in [5, 5.41) is 3.98. The fourth-order valence-corrected chi connectivity index (χ4v) is 3.83. The maximum Gasteiger partial charge on any atom is 0.236 e. The summed E-state index contributed by atoms with van der Waals surface area (Å²) in [6.07, 6.45) is 0. The molecule has 0 bridgehead atoms. The molecule has 0 spiro atoms. The zero-order valence-corrected chi connectivity index (χ0v) is 15.1. The summed E-state index contributed by atoms with van der Waals surface area (Å²) >= 11 is 2.73. The molecule has 3 aromatic rings. The smallest absolute Gasteiger partial charge is 0.236 e. The van der Waals surface area contributed by atoms with Crippen molar-refractivity contribution >= 4 is 44.4 Å². The predicted molar refractivity (Wildman–Crippen MR) is 97.0 cm³/mol. The summed E-state index contributed by atoms with van der Waals surface area (Å²) in [7, 11) is 1.60. The van der Waals surface area contributed by atoms with Crippen LogP contribution in [0.2, 0.25) is 0 Å². The first-order chi connectivity index (χ1) is 11.5. The van der Waals surface area contributed by atoms with E-state index >= 15 is 0 Å². The summed E-state index contributed by atoms with van der Waals surface area (Å²) in [6.45, 7) is 3.82. The number of carbonyl (C=O) groups excluding carboxylic acids is 1. The van der Waals surface area contributed by atoms with Crippen molar-refractivity contribution in [2.45, 2.75) is 19.0 Å². The molecule has 24 heavy (non-hydrogen) atoms. The minimum Gasteiger partial charge on any atom is -0.494 e.